The van der Waals surface area contributed by atoms with Crippen LogP contribution in [0.5, 0.6) is 0 Å². The Morgan fingerprint density at radius 2 is 1.67 bits per heavy atom. The van der Waals surface area contributed by atoms with Crippen LogP contribution in [0.2, 0.25) is 0 Å². The van der Waals surface area contributed by atoms with Gasteiger partial charge in [0, 0.05) is 24.1 Å². The van der Waals surface area contributed by atoms with Gasteiger partial charge in [-0.25, -0.2) is 4.98 Å². The van der Waals surface area contributed by atoms with Crippen LogP contribution in [0.4, 0.5) is 11.6 Å². The molecule has 21 heavy (non-hydrogen) atoms. The van der Waals surface area contributed by atoms with Crippen LogP contribution in [0, 0.1) is 0 Å². The fourth-order valence-electron chi connectivity index (χ4n) is 2.47. The highest BCUT2D eigenvalue weighted by Crippen LogP contribution is 2.21. The lowest BCUT2D eigenvalue weighted by molar-refractivity contribution is 0.551. The van der Waals surface area contributed by atoms with Gasteiger partial charge in [-0.3, -0.25) is 0 Å². The number of rotatable bonds is 5. The number of hydrogen-bond acceptors (Lipinski definition) is 2. The zero-order chi connectivity index (χ0) is 14.5. The predicted molar refractivity (Wildman–Crippen MR) is 86.8 cm³/mol. The fourth-order valence-corrected chi connectivity index (χ4v) is 2.47. The van der Waals surface area contributed by atoms with Crippen LogP contribution in [0.3, 0.4) is 0 Å². The van der Waals surface area contributed by atoms with Gasteiger partial charge in [0.2, 0.25) is 5.95 Å². The van der Waals surface area contributed by atoms with E-state index in [1.54, 1.807) is 0 Å². The average Bonchev–Trinajstić information content (AvgIpc) is 2.97. The van der Waals surface area contributed by atoms with E-state index in [0.717, 1.165) is 18.1 Å². The third-order valence-electron chi connectivity index (χ3n) is 3.55. The maximum atomic E-state index is 4.43. The second kappa shape index (κ2) is 6.27. The molecule has 1 unspecified atom stereocenters. The molecule has 1 heterocycles. The quantitative estimate of drug-likeness (QED) is 0.747. The molecule has 0 saturated carbocycles. The van der Waals surface area contributed by atoms with Gasteiger partial charge in [-0.1, -0.05) is 48.5 Å². The summed E-state index contributed by atoms with van der Waals surface area (Å²) in [5.41, 5.74) is 2.39. The lowest BCUT2D eigenvalue weighted by Gasteiger charge is -2.17. The molecule has 0 bridgehead atoms. The van der Waals surface area contributed by atoms with E-state index in [1.807, 2.05) is 48.8 Å². The molecular formula is C18H19N3. The van der Waals surface area contributed by atoms with Crippen LogP contribution in [0.1, 0.15) is 18.5 Å². The lowest BCUT2D eigenvalue weighted by atomic mass is 10.1. The number of nitrogens with zero attached hydrogens (tertiary/aromatic N) is 2. The number of benzene rings is 2. The Balaban J connectivity index is 1.75. The van der Waals surface area contributed by atoms with Crippen LogP contribution in [-0.2, 0) is 6.42 Å². The summed E-state index contributed by atoms with van der Waals surface area (Å²) < 4.78 is 2.18. The van der Waals surface area contributed by atoms with Crippen LogP contribution < -0.4 is 5.32 Å². The van der Waals surface area contributed by atoms with Crippen molar-refractivity contribution in [3.8, 4) is 0 Å². The Bertz CT molecular complexity index is 674. The average molecular weight is 277 g/mol. The SMILES string of the molecule is CC(Cc1ccccc1)n1ccnc1Nc1ccccc1. The van der Waals surface area contributed by atoms with Crippen molar-refractivity contribution >= 4 is 11.6 Å². The zero-order valence-corrected chi connectivity index (χ0v) is 12.1. The van der Waals surface area contributed by atoms with Gasteiger partial charge in [0.15, 0.2) is 0 Å². The van der Waals surface area contributed by atoms with E-state index in [4.69, 9.17) is 0 Å². The summed E-state index contributed by atoms with van der Waals surface area (Å²) in [5, 5.41) is 3.37. The molecular weight excluding hydrogens is 258 g/mol. The summed E-state index contributed by atoms with van der Waals surface area (Å²) in [6.45, 7) is 2.21. The van der Waals surface area contributed by atoms with E-state index in [9.17, 15) is 0 Å². The van der Waals surface area contributed by atoms with Crippen LogP contribution in [0.15, 0.2) is 73.1 Å². The Labute approximate surface area is 125 Å². The summed E-state index contributed by atoms with van der Waals surface area (Å²) in [5.74, 6) is 0.879. The number of imidazole rings is 1. The van der Waals surface area contributed by atoms with E-state index < -0.39 is 0 Å². The van der Waals surface area contributed by atoms with Crippen molar-refractivity contribution in [3.63, 3.8) is 0 Å². The molecule has 0 amide bonds. The van der Waals surface area contributed by atoms with Gasteiger partial charge in [0.05, 0.1) is 0 Å². The number of nitrogens with one attached hydrogen (secondary N) is 1. The molecule has 0 aliphatic rings. The number of hydrogen-bond donors (Lipinski definition) is 1. The Morgan fingerprint density at radius 3 is 2.38 bits per heavy atom. The summed E-state index contributed by atoms with van der Waals surface area (Å²) >= 11 is 0. The highest BCUT2D eigenvalue weighted by Gasteiger charge is 2.10. The molecule has 0 fully saturated rings. The Hall–Kier alpha value is -2.55. The minimum absolute atomic E-state index is 0.348. The van der Waals surface area contributed by atoms with Gasteiger partial charge in [0.25, 0.3) is 0 Å². The maximum Gasteiger partial charge on any atom is 0.207 e. The first-order valence-electron chi connectivity index (χ1n) is 7.22. The van der Waals surface area contributed by atoms with Crippen LogP contribution >= 0.6 is 0 Å². The summed E-state index contributed by atoms with van der Waals surface area (Å²) in [4.78, 5) is 4.43. The molecule has 3 nitrogen and oxygen atoms in total. The Morgan fingerprint density at radius 1 is 1.00 bits per heavy atom. The molecule has 3 aromatic rings. The monoisotopic (exact) mass is 277 g/mol. The van der Waals surface area contributed by atoms with Crippen molar-refractivity contribution in [1.29, 1.82) is 0 Å². The predicted octanol–water partition coefficient (Wildman–Crippen LogP) is 4.43. The van der Waals surface area contributed by atoms with Crippen molar-refractivity contribution in [1.82, 2.24) is 9.55 Å². The highest BCUT2D eigenvalue weighted by atomic mass is 15.2. The van der Waals surface area contributed by atoms with E-state index in [1.165, 1.54) is 5.56 Å². The summed E-state index contributed by atoms with van der Waals surface area (Å²) in [7, 11) is 0. The first-order valence-corrected chi connectivity index (χ1v) is 7.22. The minimum atomic E-state index is 0.348. The van der Waals surface area contributed by atoms with E-state index in [2.05, 4.69) is 46.1 Å². The number of para-hydroxylation sites is 1. The van der Waals surface area contributed by atoms with Crippen molar-refractivity contribution in [2.75, 3.05) is 5.32 Å². The van der Waals surface area contributed by atoms with Crippen molar-refractivity contribution < 1.29 is 0 Å². The molecule has 2 aromatic carbocycles. The van der Waals surface area contributed by atoms with Crippen molar-refractivity contribution in [3.05, 3.63) is 78.6 Å². The maximum absolute atomic E-state index is 4.43. The van der Waals surface area contributed by atoms with Gasteiger partial charge in [0.1, 0.15) is 0 Å². The fraction of sp³-hybridized carbons (Fsp3) is 0.167. The van der Waals surface area contributed by atoms with Gasteiger partial charge in [-0.15, -0.1) is 0 Å². The van der Waals surface area contributed by atoms with Crippen LogP contribution in [-0.4, -0.2) is 9.55 Å². The molecule has 0 aliphatic carbocycles. The first-order chi connectivity index (χ1) is 10.3. The van der Waals surface area contributed by atoms with Gasteiger partial charge < -0.3 is 9.88 Å². The molecule has 106 valence electrons. The van der Waals surface area contributed by atoms with Gasteiger partial charge >= 0.3 is 0 Å². The topological polar surface area (TPSA) is 29.9 Å². The number of aromatic nitrogens is 2. The van der Waals surface area contributed by atoms with E-state index in [0.29, 0.717) is 6.04 Å². The zero-order valence-electron chi connectivity index (χ0n) is 12.1. The molecule has 3 heteroatoms. The van der Waals surface area contributed by atoms with Gasteiger partial charge in [-0.05, 0) is 31.0 Å². The molecule has 3 rings (SSSR count). The molecule has 1 aromatic heterocycles. The largest absolute Gasteiger partial charge is 0.326 e. The smallest absolute Gasteiger partial charge is 0.207 e. The standard InChI is InChI=1S/C18H19N3/c1-15(14-16-8-4-2-5-9-16)21-13-12-19-18(21)20-17-10-6-3-7-11-17/h2-13,15H,14H2,1H3,(H,19,20). The van der Waals surface area contributed by atoms with Gasteiger partial charge in [-0.2, -0.15) is 0 Å². The third kappa shape index (κ3) is 3.31. The molecule has 1 N–H and O–H groups in total. The second-order valence-electron chi connectivity index (χ2n) is 5.19. The lowest BCUT2D eigenvalue weighted by Crippen LogP contribution is -2.10. The second-order valence-corrected chi connectivity index (χ2v) is 5.19. The Kier molecular flexibility index (Phi) is 4.01. The molecule has 0 aliphatic heterocycles. The molecule has 0 radical (unpaired) electrons. The minimum Gasteiger partial charge on any atom is -0.326 e. The first kappa shape index (κ1) is 13.4. The van der Waals surface area contributed by atoms with E-state index in [-0.39, 0.29) is 0 Å². The van der Waals surface area contributed by atoms with Crippen LogP contribution in [0.25, 0.3) is 0 Å². The highest BCUT2D eigenvalue weighted by molar-refractivity contribution is 5.53. The molecule has 0 saturated heterocycles. The number of anilines is 2. The molecule has 0 spiro atoms. The summed E-state index contributed by atoms with van der Waals surface area (Å²) in [6, 6.07) is 21.0. The van der Waals surface area contributed by atoms with Crippen molar-refractivity contribution in [2.24, 2.45) is 0 Å². The summed E-state index contributed by atoms with van der Waals surface area (Å²) in [6.07, 6.45) is 4.85. The molecule has 1 atom stereocenters. The third-order valence-corrected chi connectivity index (χ3v) is 3.55. The normalized spacial score (nSPS) is 12.0. The van der Waals surface area contributed by atoms with Crippen molar-refractivity contribution in [2.45, 2.75) is 19.4 Å². The van der Waals surface area contributed by atoms with E-state index >= 15 is 0 Å².